The third-order valence-electron chi connectivity index (χ3n) is 5.89. The van der Waals surface area contributed by atoms with Crippen LogP contribution in [0.1, 0.15) is 25.5 Å². The molecule has 0 aliphatic carbocycles. The van der Waals surface area contributed by atoms with E-state index in [2.05, 4.69) is 4.90 Å². The van der Waals surface area contributed by atoms with Gasteiger partial charge in [0.25, 0.3) is 0 Å². The van der Waals surface area contributed by atoms with E-state index >= 15 is 0 Å². The number of likely N-dealkylation sites (tertiary alicyclic amines) is 1. The van der Waals surface area contributed by atoms with E-state index in [1.807, 2.05) is 41.5 Å². The first-order valence-electron chi connectivity index (χ1n) is 11.0. The van der Waals surface area contributed by atoms with Gasteiger partial charge in [-0.05, 0) is 37.8 Å². The lowest BCUT2D eigenvalue weighted by atomic mass is 9.95. The predicted octanol–water partition coefficient (Wildman–Crippen LogP) is 3.32. The van der Waals surface area contributed by atoms with Crippen LogP contribution in [0.4, 0.5) is 0 Å². The maximum atomic E-state index is 12.8. The van der Waals surface area contributed by atoms with Crippen molar-refractivity contribution in [2.75, 3.05) is 52.5 Å². The summed E-state index contributed by atoms with van der Waals surface area (Å²) in [7, 11) is 0. The maximum Gasteiger partial charge on any atom is 0.228 e. The molecule has 30 heavy (non-hydrogen) atoms. The molecule has 2 fully saturated rings. The normalized spacial score (nSPS) is 18.5. The number of ether oxygens (including phenoxy) is 2. The first kappa shape index (κ1) is 21.3. The molecule has 7 heteroatoms. The lowest BCUT2D eigenvalue weighted by Gasteiger charge is -2.36. The standard InChI is InChI=1S/C23H31N3O3S/c1-2-29-21-6-4-3-5-20(21)23-24-19(17-30-23)15-22(27)26-9-7-18(8-10-26)16-25-11-13-28-14-12-25/h3-6,17-18H,2,7-16H2,1H3. The summed E-state index contributed by atoms with van der Waals surface area (Å²) in [6.07, 6.45) is 2.56. The molecule has 0 saturated carbocycles. The van der Waals surface area contributed by atoms with Gasteiger partial charge in [0.2, 0.25) is 5.91 Å². The Morgan fingerprint density at radius 1 is 1.20 bits per heavy atom. The smallest absolute Gasteiger partial charge is 0.228 e. The van der Waals surface area contributed by atoms with Crippen LogP contribution in [-0.2, 0) is 16.0 Å². The van der Waals surface area contributed by atoms with Gasteiger partial charge >= 0.3 is 0 Å². The molecule has 2 saturated heterocycles. The Hall–Kier alpha value is -1.96. The topological polar surface area (TPSA) is 54.9 Å². The minimum atomic E-state index is 0.190. The highest BCUT2D eigenvalue weighted by molar-refractivity contribution is 7.13. The van der Waals surface area contributed by atoms with Crippen LogP contribution in [0.5, 0.6) is 5.75 Å². The number of hydrogen-bond donors (Lipinski definition) is 0. The molecule has 1 aromatic carbocycles. The third-order valence-corrected chi connectivity index (χ3v) is 6.81. The summed E-state index contributed by atoms with van der Waals surface area (Å²) in [5, 5.41) is 2.91. The zero-order valence-electron chi connectivity index (χ0n) is 17.7. The number of rotatable bonds is 7. The number of carbonyl (C=O) groups is 1. The predicted molar refractivity (Wildman–Crippen MR) is 119 cm³/mol. The van der Waals surface area contributed by atoms with Crippen molar-refractivity contribution in [1.82, 2.24) is 14.8 Å². The van der Waals surface area contributed by atoms with Crippen molar-refractivity contribution in [2.24, 2.45) is 5.92 Å². The van der Waals surface area contributed by atoms with Gasteiger partial charge in [0.1, 0.15) is 10.8 Å². The summed E-state index contributed by atoms with van der Waals surface area (Å²) in [5.41, 5.74) is 1.84. The number of morpholine rings is 1. The molecular formula is C23H31N3O3S. The number of nitrogens with zero attached hydrogens (tertiary/aromatic N) is 3. The number of thiazole rings is 1. The van der Waals surface area contributed by atoms with Crippen LogP contribution < -0.4 is 4.74 Å². The van der Waals surface area contributed by atoms with Gasteiger partial charge in [-0.1, -0.05) is 12.1 Å². The average Bonchev–Trinajstić information content (AvgIpc) is 3.24. The van der Waals surface area contributed by atoms with E-state index in [-0.39, 0.29) is 5.91 Å². The SMILES string of the molecule is CCOc1ccccc1-c1nc(CC(=O)N2CCC(CN3CCOCC3)CC2)cs1. The van der Waals surface area contributed by atoms with Crippen molar-refractivity contribution in [3.05, 3.63) is 35.3 Å². The van der Waals surface area contributed by atoms with Crippen LogP contribution >= 0.6 is 11.3 Å². The lowest BCUT2D eigenvalue weighted by molar-refractivity contribution is -0.132. The number of piperidine rings is 1. The molecule has 6 nitrogen and oxygen atoms in total. The first-order chi connectivity index (χ1) is 14.7. The first-order valence-corrected chi connectivity index (χ1v) is 11.9. The summed E-state index contributed by atoms with van der Waals surface area (Å²) in [4.78, 5) is 22.1. The Balaban J connectivity index is 1.29. The molecule has 2 aliphatic heterocycles. The lowest BCUT2D eigenvalue weighted by Crippen LogP contribution is -2.44. The van der Waals surface area contributed by atoms with E-state index in [0.717, 1.165) is 80.8 Å². The summed E-state index contributed by atoms with van der Waals surface area (Å²) < 4.78 is 11.2. The Kier molecular flexibility index (Phi) is 7.36. The van der Waals surface area contributed by atoms with Crippen LogP contribution in [-0.4, -0.2) is 73.2 Å². The highest BCUT2D eigenvalue weighted by Crippen LogP contribution is 2.32. The Morgan fingerprint density at radius 3 is 2.73 bits per heavy atom. The van der Waals surface area contributed by atoms with Crippen LogP contribution in [0, 0.1) is 5.92 Å². The van der Waals surface area contributed by atoms with Gasteiger partial charge in [-0.2, -0.15) is 0 Å². The molecule has 3 heterocycles. The minimum absolute atomic E-state index is 0.190. The molecule has 1 amide bonds. The molecule has 0 unspecified atom stereocenters. The van der Waals surface area contributed by atoms with Crippen molar-refractivity contribution >= 4 is 17.2 Å². The number of carbonyl (C=O) groups excluding carboxylic acids is 1. The minimum Gasteiger partial charge on any atom is -0.493 e. The molecule has 0 bridgehead atoms. The van der Waals surface area contributed by atoms with Crippen molar-refractivity contribution in [2.45, 2.75) is 26.2 Å². The summed E-state index contributed by atoms with van der Waals surface area (Å²) in [6, 6.07) is 7.95. The average molecular weight is 430 g/mol. The van der Waals surface area contributed by atoms with E-state index in [9.17, 15) is 4.79 Å². The molecule has 1 aromatic heterocycles. The van der Waals surface area contributed by atoms with Crippen molar-refractivity contribution in [3.63, 3.8) is 0 Å². The van der Waals surface area contributed by atoms with Crippen LogP contribution in [0.3, 0.4) is 0 Å². The quantitative estimate of drug-likeness (QED) is 0.676. The molecule has 162 valence electrons. The molecule has 2 aromatic rings. The maximum absolute atomic E-state index is 12.8. The fraction of sp³-hybridized carbons (Fsp3) is 0.565. The van der Waals surface area contributed by atoms with Crippen LogP contribution in [0.25, 0.3) is 10.6 Å². The highest BCUT2D eigenvalue weighted by Gasteiger charge is 2.25. The highest BCUT2D eigenvalue weighted by atomic mass is 32.1. The number of amides is 1. The van der Waals surface area contributed by atoms with Gasteiger partial charge < -0.3 is 14.4 Å². The number of benzene rings is 1. The van der Waals surface area contributed by atoms with Gasteiger partial charge in [0.05, 0.1) is 37.5 Å². The van der Waals surface area contributed by atoms with E-state index in [0.29, 0.717) is 18.9 Å². The van der Waals surface area contributed by atoms with Crippen LogP contribution in [0.15, 0.2) is 29.6 Å². The summed E-state index contributed by atoms with van der Waals surface area (Å²) in [5.74, 6) is 1.72. The fourth-order valence-corrected chi connectivity index (χ4v) is 5.07. The van der Waals surface area contributed by atoms with Gasteiger partial charge in [-0.3, -0.25) is 9.69 Å². The van der Waals surface area contributed by atoms with Gasteiger partial charge in [0.15, 0.2) is 0 Å². The Morgan fingerprint density at radius 2 is 1.97 bits per heavy atom. The number of hydrogen-bond acceptors (Lipinski definition) is 6. The third kappa shape index (κ3) is 5.39. The second-order valence-corrected chi connectivity index (χ2v) is 8.85. The van der Waals surface area contributed by atoms with Gasteiger partial charge in [-0.25, -0.2) is 4.98 Å². The van der Waals surface area contributed by atoms with E-state index in [1.54, 1.807) is 11.3 Å². The molecular weight excluding hydrogens is 398 g/mol. The van der Waals surface area contributed by atoms with E-state index in [1.165, 1.54) is 0 Å². The van der Waals surface area contributed by atoms with Gasteiger partial charge in [-0.15, -0.1) is 11.3 Å². The van der Waals surface area contributed by atoms with E-state index in [4.69, 9.17) is 14.5 Å². The fourth-order valence-electron chi connectivity index (χ4n) is 4.22. The van der Waals surface area contributed by atoms with Crippen molar-refractivity contribution < 1.29 is 14.3 Å². The van der Waals surface area contributed by atoms with Gasteiger partial charge in [0, 0.05) is 38.1 Å². The molecule has 2 aliphatic rings. The molecule has 0 radical (unpaired) electrons. The molecule has 0 N–H and O–H groups in total. The van der Waals surface area contributed by atoms with Crippen molar-refractivity contribution in [3.8, 4) is 16.3 Å². The second-order valence-electron chi connectivity index (χ2n) is 7.99. The Labute approximate surface area is 182 Å². The summed E-state index contributed by atoms with van der Waals surface area (Å²) >= 11 is 1.57. The monoisotopic (exact) mass is 429 g/mol. The number of para-hydroxylation sites is 1. The van der Waals surface area contributed by atoms with E-state index < -0.39 is 0 Å². The molecule has 4 rings (SSSR count). The summed E-state index contributed by atoms with van der Waals surface area (Å²) in [6.45, 7) is 9.23. The molecule has 0 spiro atoms. The zero-order valence-corrected chi connectivity index (χ0v) is 18.5. The number of aromatic nitrogens is 1. The largest absolute Gasteiger partial charge is 0.493 e. The van der Waals surface area contributed by atoms with Crippen molar-refractivity contribution in [1.29, 1.82) is 0 Å². The second kappa shape index (κ2) is 10.4. The van der Waals surface area contributed by atoms with Crippen LogP contribution in [0.2, 0.25) is 0 Å². The molecule has 0 atom stereocenters. The Bertz CT molecular complexity index is 827. The zero-order chi connectivity index (χ0) is 20.8.